The Morgan fingerprint density at radius 3 is 1.50 bits per heavy atom. The normalized spacial score (nSPS) is 20.8. The van der Waals surface area contributed by atoms with Crippen LogP contribution in [-0.2, 0) is 0 Å². The molecule has 1 unspecified atom stereocenters. The Labute approximate surface area is 85.1 Å². The highest BCUT2D eigenvalue weighted by Crippen LogP contribution is 2.43. The van der Waals surface area contributed by atoms with Crippen LogP contribution < -0.4 is 0 Å². The van der Waals surface area contributed by atoms with E-state index in [2.05, 4.69) is 0 Å². The van der Waals surface area contributed by atoms with Crippen molar-refractivity contribution in [3.8, 4) is 0 Å². The summed E-state index contributed by atoms with van der Waals surface area (Å²) in [5.74, 6) is -1.24. The molecule has 0 aliphatic rings. The van der Waals surface area contributed by atoms with Gasteiger partial charge in [0.05, 0.1) is 5.92 Å². The molecule has 0 rings (SSSR count). The first-order valence-electron chi connectivity index (χ1n) is 3.85. The second-order valence-electron chi connectivity index (χ2n) is 3.57. The number of halogens is 4. The van der Waals surface area contributed by atoms with Gasteiger partial charge in [0.15, 0.2) is 0 Å². The Morgan fingerprint density at radius 2 is 1.42 bits per heavy atom. The minimum Gasteiger partial charge on any atom is -0.171 e. The van der Waals surface area contributed by atoms with Crippen molar-refractivity contribution < 1.29 is 13.2 Å². The first-order valence-corrected chi connectivity index (χ1v) is 4.93. The minimum absolute atomic E-state index is 0.0229. The molecule has 0 heterocycles. The maximum absolute atomic E-state index is 12.3. The molecule has 0 aromatic carbocycles. The standard InChI is InChI=1S/C8H14F3I/c1-5(2)7(4,12)6(3)8(9,10)11/h5-6H,1-4H3/t6-,7?/m1/s1. The van der Waals surface area contributed by atoms with Gasteiger partial charge in [0, 0.05) is 3.42 Å². The molecule has 0 fully saturated rings. The van der Waals surface area contributed by atoms with Crippen molar-refractivity contribution in [2.45, 2.75) is 37.3 Å². The third-order valence-corrected chi connectivity index (χ3v) is 4.65. The molecule has 0 aromatic heterocycles. The molecule has 74 valence electrons. The van der Waals surface area contributed by atoms with Crippen molar-refractivity contribution in [1.82, 2.24) is 0 Å². The van der Waals surface area contributed by atoms with Crippen LogP contribution in [0.2, 0.25) is 0 Å². The van der Waals surface area contributed by atoms with Gasteiger partial charge in [0.2, 0.25) is 0 Å². The molecule has 0 spiro atoms. The Bertz CT molecular complexity index is 149. The number of rotatable bonds is 2. The molecular weight excluding hydrogens is 280 g/mol. The van der Waals surface area contributed by atoms with Gasteiger partial charge < -0.3 is 0 Å². The second-order valence-corrected chi connectivity index (χ2v) is 5.89. The van der Waals surface area contributed by atoms with E-state index in [1.54, 1.807) is 6.92 Å². The number of alkyl halides is 4. The zero-order valence-corrected chi connectivity index (χ0v) is 9.82. The lowest BCUT2D eigenvalue weighted by molar-refractivity contribution is -0.178. The van der Waals surface area contributed by atoms with Gasteiger partial charge in [-0.05, 0) is 12.8 Å². The maximum atomic E-state index is 12.3. The highest BCUT2D eigenvalue weighted by atomic mass is 127. The van der Waals surface area contributed by atoms with Gasteiger partial charge in [-0.2, -0.15) is 13.2 Å². The van der Waals surface area contributed by atoms with Gasteiger partial charge in [0.25, 0.3) is 0 Å². The van der Waals surface area contributed by atoms with Crippen molar-refractivity contribution in [3.05, 3.63) is 0 Å². The third kappa shape index (κ3) is 2.78. The van der Waals surface area contributed by atoms with Gasteiger partial charge in [-0.25, -0.2) is 0 Å². The zero-order chi connectivity index (χ0) is 10.2. The van der Waals surface area contributed by atoms with Crippen LogP contribution in [0.5, 0.6) is 0 Å². The monoisotopic (exact) mass is 294 g/mol. The van der Waals surface area contributed by atoms with Crippen LogP contribution in [0.25, 0.3) is 0 Å². The summed E-state index contributed by atoms with van der Waals surface area (Å²) in [6.45, 7) is 6.52. The Morgan fingerprint density at radius 1 is 1.08 bits per heavy atom. The highest BCUT2D eigenvalue weighted by Gasteiger charge is 2.47. The van der Waals surface area contributed by atoms with Gasteiger partial charge in [-0.3, -0.25) is 0 Å². The van der Waals surface area contributed by atoms with Gasteiger partial charge in [-0.1, -0.05) is 43.4 Å². The molecule has 0 aliphatic heterocycles. The SMILES string of the molecule is CC(C)C(C)(I)[C@@H](C)C(F)(F)F. The van der Waals surface area contributed by atoms with E-state index in [-0.39, 0.29) is 5.92 Å². The topological polar surface area (TPSA) is 0 Å². The van der Waals surface area contributed by atoms with Crippen molar-refractivity contribution in [2.24, 2.45) is 11.8 Å². The number of hydrogen-bond acceptors (Lipinski definition) is 0. The van der Waals surface area contributed by atoms with E-state index in [4.69, 9.17) is 0 Å². The Balaban J connectivity index is 4.57. The summed E-state index contributed by atoms with van der Waals surface area (Å²) in [6, 6.07) is 0. The molecule has 4 heteroatoms. The lowest BCUT2D eigenvalue weighted by Crippen LogP contribution is -2.40. The van der Waals surface area contributed by atoms with E-state index >= 15 is 0 Å². The fourth-order valence-electron chi connectivity index (χ4n) is 0.820. The molecule has 0 aliphatic carbocycles. The van der Waals surface area contributed by atoms with Crippen LogP contribution in [0.15, 0.2) is 0 Å². The van der Waals surface area contributed by atoms with E-state index in [1.807, 2.05) is 36.4 Å². The highest BCUT2D eigenvalue weighted by molar-refractivity contribution is 14.1. The van der Waals surface area contributed by atoms with Crippen molar-refractivity contribution in [1.29, 1.82) is 0 Å². The van der Waals surface area contributed by atoms with Crippen LogP contribution >= 0.6 is 22.6 Å². The van der Waals surface area contributed by atoms with Crippen LogP contribution in [0.4, 0.5) is 13.2 Å². The molecule has 0 saturated heterocycles. The summed E-state index contributed by atoms with van der Waals surface area (Å²) in [7, 11) is 0. The summed E-state index contributed by atoms with van der Waals surface area (Å²) in [6.07, 6.45) is -4.08. The van der Waals surface area contributed by atoms with E-state index in [9.17, 15) is 13.2 Å². The van der Waals surface area contributed by atoms with Crippen molar-refractivity contribution in [3.63, 3.8) is 0 Å². The van der Waals surface area contributed by atoms with Crippen LogP contribution in [0.1, 0.15) is 27.7 Å². The van der Waals surface area contributed by atoms with Gasteiger partial charge in [-0.15, -0.1) is 0 Å². The predicted octanol–water partition coefficient (Wildman–Crippen LogP) is 4.03. The second kappa shape index (κ2) is 3.72. The molecule has 2 atom stereocenters. The molecule has 0 saturated carbocycles. The predicted molar refractivity (Wildman–Crippen MR) is 52.5 cm³/mol. The smallest absolute Gasteiger partial charge is 0.171 e. The summed E-state index contributed by atoms with van der Waals surface area (Å²) in [5, 5.41) is 0. The van der Waals surface area contributed by atoms with Crippen LogP contribution in [-0.4, -0.2) is 9.60 Å². The maximum Gasteiger partial charge on any atom is 0.392 e. The van der Waals surface area contributed by atoms with Crippen LogP contribution in [0.3, 0.4) is 0 Å². The largest absolute Gasteiger partial charge is 0.392 e. The summed E-state index contributed by atoms with van der Waals surface area (Å²) < 4.78 is 36.2. The molecule has 0 bridgehead atoms. The van der Waals surface area contributed by atoms with E-state index < -0.39 is 15.5 Å². The van der Waals surface area contributed by atoms with Crippen molar-refractivity contribution >= 4 is 22.6 Å². The summed E-state index contributed by atoms with van der Waals surface area (Å²) in [5.41, 5.74) is 0. The fraction of sp³-hybridized carbons (Fsp3) is 1.00. The molecule has 0 amide bonds. The fourth-order valence-corrected chi connectivity index (χ4v) is 1.17. The molecule has 12 heavy (non-hydrogen) atoms. The lowest BCUT2D eigenvalue weighted by atomic mass is 9.86. The summed E-state index contributed by atoms with van der Waals surface area (Å²) >= 11 is 1.90. The van der Waals surface area contributed by atoms with E-state index in [0.29, 0.717) is 0 Å². The Hall–Kier alpha value is 0.520. The Kier molecular flexibility index (Phi) is 3.88. The molecule has 0 nitrogen and oxygen atoms in total. The molecular formula is C8H14F3I. The lowest BCUT2D eigenvalue weighted by Gasteiger charge is -2.34. The van der Waals surface area contributed by atoms with Crippen LogP contribution in [0, 0.1) is 11.8 Å². The first-order chi connectivity index (χ1) is 5.10. The zero-order valence-electron chi connectivity index (χ0n) is 7.67. The third-order valence-electron chi connectivity index (χ3n) is 2.47. The number of hydrogen-bond donors (Lipinski definition) is 0. The quantitative estimate of drug-likeness (QED) is 0.533. The van der Waals surface area contributed by atoms with Gasteiger partial charge in [0.1, 0.15) is 0 Å². The molecule has 0 radical (unpaired) electrons. The average Bonchev–Trinajstić information content (AvgIpc) is 1.83. The minimum atomic E-state index is -4.08. The van der Waals surface area contributed by atoms with E-state index in [1.165, 1.54) is 6.92 Å². The molecule has 0 aromatic rings. The molecule has 0 N–H and O–H groups in total. The van der Waals surface area contributed by atoms with Crippen molar-refractivity contribution in [2.75, 3.05) is 0 Å². The van der Waals surface area contributed by atoms with E-state index in [0.717, 1.165) is 0 Å². The first kappa shape index (κ1) is 12.5. The average molecular weight is 294 g/mol. The van der Waals surface area contributed by atoms with Gasteiger partial charge >= 0.3 is 6.18 Å². The summed E-state index contributed by atoms with van der Waals surface area (Å²) in [4.78, 5) is 0.